The van der Waals surface area contributed by atoms with Crippen LogP contribution in [0.15, 0.2) is 84.1 Å². The lowest BCUT2D eigenvalue weighted by Gasteiger charge is -2.51. The highest BCUT2D eigenvalue weighted by molar-refractivity contribution is 6.58. The maximum atomic E-state index is 14.5. The van der Waals surface area contributed by atoms with Crippen molar-refractivity contribution in [2.45, 2.75) is 29.0 Å². The lowest BCUT2D eigenvalue weighted by Crippen LogP contribution is -2.61. The Kier molecular flexibility index (Phi) is 6.98. The molecular weight excluding hydrogens is 694 g/mol. The highest BCUT2D eigenvalue weighted by Gasteiger charge is 2.77. The molecule has 3 fully saturated rings. The summed E-state index contributed by atoms with van der Waals surface area (Å²) in [5, 5.41) is 29.9. The zero-order valence-electron chi connectivity index (χ0n) is 25.7. The van der Waals surface area contributed by atoms with Gasteiger partial charge in [0.2, 0.25) is 11.8 Å². The number of rotatable bonds is 4. The van der Waals surface area contributed by atoms with Crippen LogP contribution in [0, 0.1) is 29.5 Å². The average molecular weight is 720 g/mol. The van der Waals surface area contributed by atoms with Crippen molar-refractivity contribution in [3.8, 4) is 17.2 Å². The first-order valence-electron chi connectivity index (χ1n) is 15.6. The van der Waals surface area contributed by atoms with Crippen molar-refractivity contribution in [1.29, 1.82) is 0 Å². The van der Waals surface area contributed by atoms with Crippen molar-refractivity contribution in [1.82, 2.24) is 0 Å². The summed E-state index contributed by atoms with van der Waals surface area (Å²) in [5.74, 6) is -9.19. The summed E-state index contributed by atoms with van der Waals surface area (Å²) in [7, 11) is 0. The number of hydrogen-bond donors (Lipinski definition) is 3. The Morgan fingerprint density at radius 2 is 1.60 bits per heavy atom. The van der Waals surface area contributed by atoms with Crippen LogP contribution in [0.3, 0.4) is 0 Å². The number of carbonyl (C=O) groups excluding carboxylic acids is 4. The number of imide groups is 2. The molecule has 0 spiro atoms. The monoisotopic (exact) mass is 718 g/mol. The number of fused-ring (bicyclic) bond motifs is 5. The Bertz CT molecular complexity index is 2150. The van der Waals surface area contributed by atoms with Crippen LogP contribution < -0.4 is 14.5 Å². The van der Waals surface area contributed by atoms with Gasteiger partial charge in [0.05, 0.1) is 29.5 Å². The molecule has 3 aliphatic heterocycles. The summed E-state index contributed by atoms with van der Waals surface area (Å²) in [6, 6.07) is 12.6. The molecule has 6 atom stereocenters. The van der Waals surface area contributed by atoms with Gasteiger partial charge < -0.3 is 20.1 Å². The summed E-state index contributed by atoms with van der Waals surface area (Å²) in [4.78, 5) is 66.0. The number of hydrogen-bond acceptors (Lipinski definition) is 8. The Morgan fingerprint density at radius 3 is 2.30 bits per heavy atom. The lowest BCUT2D eigenvalue weighted by molar-refractivity contribution is -0.125. The van der Waals surface area contributed by atoms with Gasteiger partial charge in [0.15, 0.2) is 9.75 Å². The molecule has 4 amide bonds. The lowest BCUT2D eigenvalue weighted by atomic mass is 9.56. The van der Waals surface area contributed by atoms with Gasteiger partial charge in [0.1, 0.15) is 28.6 Å². The van der Waals surface area contributed by atoms with E-state index in [1.54, 1.807) is 12.1 Å². The molecule has 2 saturated heterocycles. The zero-order valence-corrected chi connectivity index (χ0v) is 27.2. The smallest absolute Gasteiger partial charge is 0.339 e. The van der Waals surface area contributed by atoms with E-state index in [1.807, 2.05) is 0 Å². The van der Waals surface area contributed by atoms with E-state index in [9.17, 15) is 43.7 Å². The maximum Gasteiger partial charge on any atom is 0.339 e. The summed E-state index contributed by atoms with van der Waals surface area (Å²) in [5.41, 5.74) is 1.09. The molecule has 1 saturated carbocycles. The van der Waals surface area contributed by atoms with Crippen molar-refractivity contribution < 1.29 is 48.4 Å². The molecule has 6 unspecified atom stereocenters. The Morgan fingerprint density at radius 1 is 0.880 bits per heavy atom. The Labute approximate surface area is 292 Å². The molecule has 0 radical (unpaired) electrons. The quantitative estimate of drug-likeness (QED) is 0.190. The van der Waals surface area contributed by atoms with Crippen molar-refractivity contribution in [2.24, 2.45) is 23.7 Å². The topological polar surface area (TPSA) is 162 Å². The molecule has 3 N–H and O–H groups in total. The molecule has 14 heteroatoms. The van der Waals surface area contributed by atoms with E-state index in [2.05, 4.69) is 0 Å². The molecular formula is C36H25Cl2FN2O9. The van der Waals surface area contributed by atoms with E-state index in [4.69, 9.17) is 27.9 Å². The number of aromatic hydroxyl groups is 2. The third-order valence-corrected chi connectivity index (χ3v) is 11.9. The molecule has 3 aromatic rings. The van der Waals surface area contributed by atoms with Crippen LogP contribution in [-0.4, -0.2) is 54.7 Å². The van der Waals surface area contributed by atoms with Gasteiger partial charge in [-0.25, -0.2) is 19.0 Å². The minimum absolute atomic E-state index is 0.0330. The number of anilines is 2. The number of amides is 4. The number of carboxylic acid groups (broad SMARTS) is 1. The van der Waals surface area contributed by atoms with Crippen LogP contribution in [0.5, 0.6) is 17.2 Å². The van der Waals surface area contributed by atoms with E-state index < -0.39 is 80.1 Å². The molecule has 11 nitrogen and oxygen atoms in total. The minimum Gasteiger partial charge on any atom is -0.508 e. The van der Waals surface area contributed by atoms with Crippen LogP contribution in [-0.2, 0) is 25.6 Å². The van der Waals surface area contributed by atoms with Gasteiger partial charge in [0.25, 0.3) is 11.8 Å². The number of carbonyl (C=O) groups is 5. The molecule has 2 aliphatic carbocycles. The van der Waals surface area contributed by atoms with Crippen molar-refractivity contribution in [2.75, 3.05) is 9.80 Å². The first kappa shape index (κ1) is 32.0. The molecule has 5 aliphatic rings. The highest BCUT2D eigenvalue weighted by Crippen LogP contribution is 2.65. The number of aromatic carboxylic acids is 1. The van der Waals surface area contributed by atoms with Crippen LogP contribution in [0.4, 0.5) is 15.8 Å². The number of alkyl halides is 2. The van der Waals surface area contributed by atoms with Gasteiger partial charge in [-0.2, -0.15) is 0 Å². The Hall–Kier alpha value is -5.20. The van der Waals surface area contributed by atoms with E-state index in [1.165, 1.54) is 36.6 Å². The summed E-state index contributed by atoms with van der Waals surface area (Å²) in [6.07, 6.45) is 3.03. The van der Waals surface area contributed by atoms with Gasteiger partial charge in [0, 0.05) is 24.0 Å². The number of allylic oxidation sites excluding steroid dienone is 3. The van der Waals surface area contributed by atoms with Crippen LogP contribution in [0.1, 0.15) is 28.8 Å². The predicted octanol–water partition coefficient (Wildman–Crippen LogP) is 5.05. The second-order valence-corrected chi connectivity index (χ2v) is 14.3. The minimum atomic E-state index is -2.16. The predicted molar refractivity (Wildman–Crippen MR) is 175 cm³/mol. The van der Waals surface area contributed by atoms with Crippen molar-refractivity contribution >= 4 is 64.2 Å². The van der Waals surface area contributed by atoms with Crippen LogP contribution in [0.25, 0.3) is 0 Å². The third kappa shape index (κ3) is 4.24. The van der Waals surface area contributed by atoms with Crippen LogP contribution in [0.2, 0.25) is 0 Å². The summed E-state index contributed by atoms with van der Waals surface area (Å²) < 4.78 is 19.8. The van der Waals surface area contributed by atoms with Gasteiger partial charge in [-0.1, -0.05) is 11.6 Å². The molecule has 254 valence electrons. The van der Waals surface area contributed by atoms with E-state index in [0.29, 0.717) is 22.5 Å². The number of halogens is 3. The standard InChI is InChI=1S/C36H25Cl2FN2O9/c37-35-14-25-22(8-9-24-28(25)31(45)40(30(24)44)20-5-7-23(32(46)47)26(43)13-20)29(17-11-16-12-21(42)6-10-27(16)50-15-17)36(35,38)34(49)41(33(35)48)19-3-1-18(39)2-4-19/h1-8,10,12-13,15,24-25,28-29,42-43H,9,11,14H2,(H,46,47). The fourth-order valence-electron chi connectivity index (χ4n) is 8.30. The van der Waals surface area contributed by atoms with Gasteiger partial charge in [-0.15, -0.1) is 23.2 Å². The van der Waals surface area contributed by atoms with E-state index >= 15 is 0 Å². The highest BCUT2D eigenvalue weighted by atomic mass is 35.5. The van der Waals surface area contributed by atoms with Crippen molar-refractivity contribution in [3.05, 3.63) is 101 Å². The number of carboxylic acids is 1. The van der Waals surface area contributed by atoms with E-state index in [-0.39, 0.29) is 36.4 Å². The maximum absolute atomic E-state index is 14.5. The molecule has 8 rings (SSSR count). The van der Waals surface area contributed by atoms with Gasteiger partial charge in [-0.05, 0) is 78.9 Å². The average Bonchev–Trinajstić information content (AvgIpc) is 3.42. The fourth-order valence-corrected chi connectivity index (χ4v) is 9.25. The first-order valence-corrected chi connectivity index (χ1v) is 16.4. The normalized spacial score (nSPS) is 29.8. The SMILES string of the molecule is O=C(O)c1ccc(N2C(=O)C3CC=C4C(CC5(Cl)C(=O)N(c6ccc(F)cc6)C(=O)C5(Cl)C4C4=COc5ccc(O)cc5C4)C3C2=O)cc1O. The molecule has 0 bridgehead atoms. The number of phenolic OH excluding ortho intramolecular Hbond substituents is 1. The fraction of sp³-hybridized carbons (Fsp3) is 0.250. The largest absolute Gasteiger partial charge is 0.508 e. The molecule has 0 aromatic heterocycles. The summed E-state index contributed by atoms with van der Waals surface area (Å²) >= 11 is 14.8. The molecule has 3 aromatic carbocycles. The second-order valence-electron chi connectivity index (χ2n) is 13.0. The second kappa shape index (κ2) is 10.9. The molecule has 50 heavy (non-hydrogen) atoms. The van der Waals surface area contributed by atoms with Gasteiger partial charge >= 0.3 is 5.97 Å². The first-order chi connectivity index (χ1) is 23.8. The summed E-state index contributed by atoms with van der Waals surface area (Å²) in [6.45, 7) is 0. The number of benzene rings is 3. The number of ether oxygens (including phenoxy) is 1. The number of phenols is 2. The molecule has 3 heterocycles. The van der Waals surface area contributed by atoms with Crippen LogP contribution >= 0.6 is 23.2 Å². The Balaban J connectivity index is 1.26. The van der Waals surface area contributed by atoms with Crippen molar-refractivity contribution in [3.63, 3.8) is 0 Å². The third-order valence-electron chi connectivity index (χ3n) is 10.5. The zero-order chi connectivity index (χ0) is 35.4. The van der Waals surface area contributed by atoms with E-state index in [0.717, 1.165) is 34.1 Å². The van der Waals surface area contributed by atoms with Gasteiger partial charge in [-0.3, -0.25) is 19.2 Å². The number of nitrogens with zero attached hydrogens (tertiary/aromatic N) is 2.